The van der Waals surface area contributed by atoms with Gasteiger partial charge < -0.3 is 15.1 Å². The first-order chi connectivity index (χ1) is 16.0. The average molecular weight is 463 g/mol. The first-order valence-electron chi connectivity index (χ1n) is 10.8. The molecule has 8 heteroatoms. The van der Waals surface area contributed by atoms with Crippen LogP contribution in [0.3, 0.4) is 0 Å². The summed E-state index contributed by atoms with van der Waals surface area (Å²) >= 11 is 6.03. The zero-order valence-electron chi connectivity index (χ0n) is 17.9. The van der Waals surface area contributed by atoms with E-state index in [1.54, 1.807) is 24.5 Å². The molecule has 2 aromatic carbocycles. The molecule has 2 atom stereocenters. The van der Waals surface area contributed by atoms with Crippen LogP contribution in [0.25, 0.3) is 0 Å². The van der Waals surface area contributed by atoms with E-state index in [0.29, 0.717) is 30.2 Å². The van der Waals surface area contributed by atoms with Crippen molar-refractivity contribution in [1.29, 1.82) is 0 Å². The molecule has 2 aliphatic heterocycles. The molecule has 0 spiro atoms. The minimum absolute atomic E-state index is 0.0788. The number of primary amides is 1. The average Bonchev–Trinajstić information content (AvgIpc) is 3.49. The number of amides is 2. The predicted octanol–water partition coefficient (Wildman–Crippen LogP) is 3.77. The topological polar surface area (TPSA) is 92.1 Å². The Bertz CT molecular complexity index is 1210. The van der Waals surface area contributed by atoms with Crippen molar-refractivity contribution in [2.75, 3.05) is 18.0 Å². The van der Waals surface area contributed by atoms with Crippen LogP contribution in [0.1, 0.15) is 29.3 Å². The van der Waals surface area contributed by atoms with Gasteiger partial charge in [-0.15, -0.1) is 0 Å². The summed E-state index contributed by atoms with van der Waals surface area (Å²) in [6.07, 6.45) is 2.70. The van der Waals surface area contributed by atoms with Crippen molar-refractivity contribution in [1.82, 2.24) is 5.01 Å². The number of carbonyl (C=O) groups excluding carboxylic acids is 2. The number of anilines is 1. The van der Waals surface area contributed by atoms with E-state index in [2.05, 4.69) is 5.10 Å². The standard InChI is InChI=1S/C25H23ClN4O3/c26-19-9-7-16(8-10-19)20-13-22(23-6-3-11-33-23)30(28-20)24(31)15-29-14-18(25(27)32)12-17-4-1-2-5-21(17)29/h1-11,18,22H,12-15H2,(H2,27,32)/t18-,22+/m0/s1. The largest absolute Gasteiger partial charge is 0.467 e. The molecule has 3 heterocycles. The fourth-order valence-electron chi connectivity index (χ4n) is 4.52. The lowest BCUT2D eigenvalue weighted by Gasteiger charge is -2.35. The second-order valence-corrected chi connectivity index (χ2v) is 8.78. The number of benzene rings is 2. The predicted molar refractivity (Wildman–Crippen MR) is 126 cm³/mol. The lowest BCUT2D eigenvalue weighted by Crippen LogP contribution is -2.46. The molecule has 0 saturated carbocycles. The van der Waals surface area contributed by atoms with Gasteiger partial charge in [-0.3, -0.25) is 9.59 Å². The Balaban J connectivity index is 1.44. The molecule has 2 N–H and O–H groups in total. The third-order valence-electron chi connectivity index (χ3n) is 6.18. The summed E-state index contributed by atoms with van der Waals surface area (Å²) in [4.78, 5) is 27.4. The lowest BCUT2D eigenvalue weighted by molar-refractivity contribution is -0.132. The molecule has 0 saturated heterocycles. The zero-order chi connectivity index (χ0) is 22.9. The number of halogens is 1. The van der Waals surface area contributed by atoms with Crippen LogP contribution in [0, 0.1) is 5.92 Å². The summed E-state index contributed by atoms with van der Waals surface area (Å²) in [7, 11) is 0. The van der Waals surface area contributed by atoms with Crippen LogP contribution in [-0.4, -0.2) is 35.6 Å². The molecule has 7 nitrogen and oxygen atoms in total. The monoisotopic (exact) mass is 462 g/mol. The van der Waals surface area contributed by atoms with Crippen LogP contribution in [0.4, 0.5) is 5.69 Å². The molecule has 0 radical (unpaired) electrons. The highest BCUT2D eigenvalue weighted by Gasteiger charge is 2.37. The highest BCUT2D eigenvalue weighted by atomic mass is 35.5. The smallest absolute Gasteiger partial charge is 0.262 e. The molecule has 0 unspecified atom stereocenters. The maximum Gasteiger partial charge on any atom is 0.262 e. The molecule has 1 aromatic heterocycles. The summed E-state index contributed by atoms with van der Waals surface area (Å²) in [5.74, 6) is -0.217. The minimum Gasteiger partial charge on any atom is -0.467 e. The molecule has 33 heavy (non-hydrogen) atoms. The van der Waals surface area contributed by atoms with E-state index in [4.69, 9.17) is 21.8 Å². The summed E-state index contributed by atoms with van der Waals surface area (Å²) in [5.41, 5.74) is 9.26. The normalized spacial score (nSPS) is 19.8. The minimum atomic E-state index is -0.361. The Morgan fingerprint density at radius 2 is 1.85 bits per heavy atom. The molecule has 2 amide bonds. The summed E-state index contributed by atoms with van der Waals surface area (Å²) in [6, 6.07) is 18.5. The van der Waals surface area contributed by atoms with E-state index in [9.17, 15) is 9.59 Å². The van der Waals surface area contributed by atoms with Crippen molar-refractivity contribution in [3.8, 4) is 0 Å². The Morgan fingerprint density at radius 3 is 2.58 bits per heavy atom. The van der Waals surface area contributed by atoms with E-state index in [1.807, 2.05) is 47.4 Å². The molecule has 3 aromatic rings. The number of nitrogens with zero attached hydrogens (tertiary/aromatic N) is 3. The first kappa shape index (κ1) is 21.3. The number of hydrogen-bond acceptors (Lipinski definition) is 5. The highest BCUT2D eigenvalue weighted by molar-refractivity contribution is 6.30. The van der Waals surface area contributed by atoms with Crippen LogP contribution < -0.4 is 10.6 Å². The molecule has 0 aliphatic carbocycles. The molecular formula is C25H23ClN4O3. The fourth-order valence-corrected chi connectivity index (χ4v) is 4.65. The van der Waals surface area contributed by atoms with Gasteiger partial charge in [-0.1, -0.05) is 41.9 Å². The van der Waals surface area contributed by atoms with Crippen LogP contribution in [0.15, 0.2) is 76.4 Å². The molecule has 2 aliphatic rings. The van der Waals surface area contributed by atoms with Crippen molar-refractivity contribution in [2.45, 2.75) is 18.9 Å². The Hall–Kier alpha value is -3.58. The Labute approximate surface area is 196 Å². The number of carbonyl (C=O) groups is 2. The van der Waals surface area contributed by atoms with Gasteiger partial charge in [-0.05, 0) is 47.9 Å². The number of nitrogens with two attached hydrogens (primary N) is 1. The van der Waals surface area contributed by atoms with Gasteiger partial charge in [-0.25, -0.2) is 5.01 Å². The molecular weight excluding hydrogens is 440 g/mol. The van der Waals surface area contributed by atoms with Gasteiger partial charge in [0.25, 0.3) is 5.91 Å². The molecule has 0 bridgehead atoms. The number of para-hydroxylation sites is 1. The van der Waals surface area contributed by atoms with Gasteiger partial charge in [0.15, 0.2) is 0 Å². The van der Waals surface area contributed by atoms with Crippen molar-refractivity contribution in [3.05, 3.63) is 88.8 Å². The van der Waals surface area contributed by atoms with E-state index in [1.165, 1.54) is 5.01 Å². The molecule has 168 valence electrons. The van der Waals surface area contributed by atoms with E-state index in [0.717, 1.165) is 22.5 Å². The van der Waals surface area contributed by atoms with Crippen LogP contribution in [0.5, 0.6) is 0 Å². The van der Waals surface area contributed by atoms with E-state index in [-0.39, 0.29) is 30.3 Å². The summed E-state index contributed by atoms with van der Waals surface area (Å²) in [5, 5.41) is 6.82. The Kier molecular flexibility index (Phi) is 5.64. The van der Waals surface area contributed by atoms with Crippen LogP contribution >= 0.6 is 11.6 Å². The maximum absolute atomic E-state index is 13.5. The number of furan rings is 1. The molecule has 0 fully saturated rings. The van der Waals surface area contributed by atoms with Crippen molar-refractivity contribution < 1.29 is 14.0 Å². The summed E-state index contributed by atoms with van der Waals surface area (Å²) in [6.45, 7) is 0.473. The van der Waals surface area contributed by atoms with E-state index < -0.39 is 0 Å². The van der Waals surface area contributed by atoms with Crippen molar-refractivity contribution in [2.24, 2.45) is 16.8 Å². The third-order valence-corrected chi connectivity index (χ3v) is 6.43. The van der Waals surface area contributed by atoms with Gasteiger partial charge in [0.1, 0.15) is 11.8 Å². The fraction of sp³-hybridized carbons (Fsp3) is 0.240. The van der Waals surface area contributed by atoms with Gasteiger partial charge in [0.2, 0.25) is 5.91 Å². The number of hydrogen-bond donors (Lipinski definition) is 1. The lowest BCUT2D eigenvalue weighted by atomic mass is 9.92. The first-order valence-corrected chi connectivity index (χ1v) is 11.2. The second kappa shape index (κ2) is 8.75. The Morgan fingerprint density at radius 1 is 1.06 bits per heavy atom. The second-order valence-electron chi connectivity index (χ2n) is 8.34. The summed E-state index contributed by atoms with van der Waals surface area (Å²) < 4.78 is 5.63. The van der Waals surface area contributed by atoms with Gasteiger partial charge in [-0.2, -0.15) is 5.10 Å². The SMILES string of the molecule is NC(=O)[C@H]1Cc2ccccc2N(CC(=O)N2N=C(c3ccc(Cl)cc3)C[C@@H]2c2ccco2)C1. The van der Waals surface area contributed by atoms with Crippen molar-refractivity contribution in [3.63, 3.8) is 0 Å². The maximum atomic E-state index is 13.5. The highest BCUT2D eigenvalue weighted by Crippen LogP contribution is 2.35. The van der Waals surface area contributed by atoms with E-state index >= 15 is 0 Å². The number of fused-ring (bicyclic) bond motifs is 1. The molecule has 5 rings (SSSR count). The quantitative estimate of drug-likeness (QED) is 0.624. The number of rotatable bonds is 5. The van der Waals surface area contributed by atoms with Gasteiger partial charge >= 0.3 is 0 Å². The van der Waals surface area contributed by atoms with Crippen molar-refractivity contribution >= 4 is 34.8 Å². The zero-order valence-corrected chi connectivity index (χ0v) is 18.6. The van der Waals surface area contributed by atoms with Gasteiger partial charge in [0, 0.05) is 23.7 Å². The van der Waals surface area contributed by atoms with Crippen LogP contribution in [-0.2, 0) is 16.0 Å². The number of hydrazone groups is 1. The third kappa shape index (κ3) is 4.24. The van der Waals surface area contributed by atoms with Gasteiger partial charge in [0.05, 0.1) is 24.4 Å². The van der Waals surface area contributed by atoms with Crippen LogP contribution in [0.2, 0.25) is 5.02 Å².